The molecular formula is C24H22ClN5OS. The van der Waals surface area contributed by atoms with Crippen molar-refractivity contribution in [3.05, 3.63) is 88.7 Å². The van der Waals surface area contributed by atoms with Gasteiger partial charge in [0.25, 0.3) is 0 Å². The summed E-state index contributed by atoms with van der Waals surface area (Å²) in [5.74, 6) is 0.814. The lowest BCUT2D eigenvalue weighted by Crippen LogP contribution is -2.24. The van der Waals surface area contributed by atoms with Crippen LogP contribution < -0.4 is 5.32 Å². The van der Waals surface area contributed by atoms with Crippen LogP contribution in [0.25, 0.3) is 17.1 Å². The number of benzene rings is 2. The first-order chi connectivity index (χ1) is 15.5. The Morgan fingerprint density at radius 2 is 1.81 bits per heavy atom. The fourth-order valence-corrected chi connectivity index (χ4v) is 4.15. The number of hydrogen-bond acceptors (Lipinski definition) is 5. The van der Waals surface area contributed by atoms with Gasteiger partial charge in [0.05, 0.1) is 11.4 Å². The Kier molecular flexibility index (Phi) is 6.87. The van der Waals surface area contributed by atoms with Crippen LogP contribution >= 0.6 is 23.4 Å². The summed E-state index contributed by atoms with van der Waals surface area (Å²) in [6, 6.07) is 17.5. The number of aryl methyl sites for hydroxylation is 2. The number of rotatable bonds is 7. The molecule has 6 nitrogen and oxygen atoms in total. The maximum absolute atomic E-state index is 12.5. The van der Waals surface area contributed by atoms with E-state index in [-0.39, 0.29) is 11.7 Å². The fraction of sp³-hybridized carbons (Fsp3) is 0.167. The summed E-state index contributed by atoms with van der Waals surface area (Å²) in [5.41, 5.74) is 5.11. The van der Waals surface area contributed by atoms with Crippen LogP contribution in [0.1, 0.15) is 16.7 Å². The van der Waals surface area contributed by atoms with Crippen molar-refractivity contribution in [1.82, 2.24) is 25.1 Å². The number of aromatic nitrogens is 4. The molecule has 0 atom stereocenters. The van der Waals surface area contributed by atoms with E-state index in [9.17, 15) is 4.79 Å². The Balaban J connectivity index is 1.56. The van der Waals surface area contributed by atoms with Gasteiger partial charge in [0.15, 0.2) is 11.0 Å². The van der Waals surface area contributed by atoms with Gasteiger partial charge in [-0.2, -0.15) is 0 Å². The van der Waals surface area contributed by atoms with Crippen molar-refractivity contribution in [2.75, 3.05) is 5.75 Å². The molecule has 0 fully saturated rings. The van der Waals surface area contributed by atoms with E-state index >= 15 is 0 Å². The number of halogens is 1. The number of amides is 1. The molecule has 1 amide bonds. The fourth-order valence-electron chi connectivity index (χ4n) is 3.17. The highest BCUT2D eigenvalue weighted by Gasteiger charge is 2.18. The van der Waals surface area contributed by atoms with Crippen LogP contribution in [0.3, 0.4) is 0 Å². The Morgan fingerprint density at radius 1 is 1.03 bits per heavy atom. The molecule has 0 radical (unpaired) electrons. The van der Waals surface area contributed by atoms with E-state index in [0.717, 1.165) is 16.8 Å². The smallest absolute Gasteiger partial charge is 0.230 e. The average molecular weight is 464 g/mol. The minimum atomic E-state index is -0.102. The second-order valence-electron chi connectivity index (χ2n) is 7.30. The third-order valence-corrected chi connectivity index (χ3v) is 6.38. The predicted octanol–water partition coefficient (Wildman–Crippen LogP) is 5.01. The van der Waals surface area contributed by atoms with Gasteiger partial charge < -0.3 is 5.32 Å². The highest BCUT2D eigenvalue weighted by molar-refractivity contribution is 7.99. The van der Waals surface area contributed by atoms with Crippen LogP contribution in [0, 0.1) is 13.8 Å². The molecule has 0 unspecified atom stereocenters. The molecule has 2 aromatic carbocycles. The lowest BCUT2D eigenvalue weighted by molar-refractivity contribution is -0.118. The molecule has 0 spiro atoms. The van der Waals surface area contributed by atoms with E-state index in [1.807, 2.05) is 47.0 Å². The van der Waals surface area contributed by atoms with Gasteiger partial charge in [0, 0.05) is 29.5 Å². The van der Waals surface area contributed by atoms with Gasteiger partial charge in [-0.05, 0) is 60.9 Å². The Bertz CT molecular complexity index is 1240. The summed E-state index contributed by atoms with van der Waals surface area (Å²) < 4.78 is 1.98. The largest absolute Gasteiger partial charge is 0.351 e. The second-order valence-corrected chi connectivity index (χ2v) is 8.65. The maximum atomic E-state index is 12.5. The van der Waals surface area contributed by atoms with Crippen LogP contribution in [0.5, 0.6) is 0 Å². The third kappa shape index (κ3) is 5.00. The van der Waals surface area contributed by atoms with Crippen molar-refractivity contribution in [2.45, 2.75) is 25.5 Å². The van der Waals surface area contributed by atoms with E-state index in [0.29, 0.717) is 22.5 Å². The van der Waals surface area contributed by atoms with E-state index in [4.69, 9.17) is 11.6 Å². The zero-order valence-corrected chi connectivity index (χ0v) is 19.3. The van der Waals surface area contributed by atoms with Crippen molar-refractivity contribution < 1.29 is 4.79 Å². The zero-order chi connectivity index (χ0) is 22.5. The molecule has 32 heavy (non-hydrogen) atoms. The maximum Gasteiger partial charge on any atom is 0.230 e. The van der Waals surface area contributed by atoms with Crippen LogP contribution in [-0.4, -0.2) is 31.4 Å². The van der Waals surface area contributed by atoms with Crippen LogP contribution in [0.2, 0.25) is 5.02 Å². The van der Waals surface area contributed by atoms with Gasteiger partial charge in [-0.1, -0.05) is 47.6 Å². The molecule has 0 bridgehead atoms. The number of carbonyl (C=O) groups is 1. The van der Waals surface area contributed by atoms with Gasteiger partial charge >= 0.3 is 0 Å². The summed E-state index contributed by atoms with van der Waals surface area (Å²) in [7, 11) is 0. The lowest BCUT2D eigenvalue weighted by Gasteiger charge is -2.12. The molecule has 162 valence electrons. The predicted molar refractivity (Wildman–Crippen MR) is 128 cm³/mol. The summed E-state index contributed by atoms with van der Waals surface area (Å²) >= 11 is 7.52. The van der Waals surface area contributed by atoms with Crippen molar-refractivity contribution in [3.63, 3.8) is 0 Å². The number of pyridine rings is 1. The second kappa shape index (κ2) is 9.97. The Labute approximate surface area is 196 Å². The number of thioether (sulfide) groups is 1. The van der Waals surface area contributed by atoms with E-state index < -0.39 is 0 Å². The minimum absolute atomic E-state index is 0.102. The van der Waals surface area contributed by atoms with Crippen molar-refractivity contribution >= 4 is 29.3 Å². The molecule has 4 aromatic rings. The van der Waals surface area contributed by atoms with Crippen LogP contribution in [0.4, 0.5) is 0 Å². The third-order valence-electron chi connectivity index (χ3n) is 5.09. The molecule has 0 aliphatic rings. The van der Waals surface area contributed by atoms with Crippen LogP contribution in [-0.2, 0) is 11.3 Å². The first kappa shape index (κ1) is 22.0. The number of hydrogen-bond donors (Lipinski definition) is 1. The molecule has 2 aromatic heterocycles. The quantitative estimate of drug-likeness (QED) is 0.390. The highest BCUT2D eigenvalue weighted by Crippen LogP contribution is 2.28. The van der Waals surface area contributed by atoms with Gasteiger partial charge in [0.1, 0.15) is 0 Å². The first-order valence-electron chi connectivity index (χ1n) is 10.1. The Morgan fingerprint density at radius 3 is 2.56 bits per heavy atom. The molecule has 4 rings (SSSR count). The average Bonchev–Trinajstić information content (AvgIpc) is 3.23. The van der Waals surface area contributed by atoms with Gasteiger partial charge in [-0.25, -0.2) is 0 Å². The highest BCUT2D eigenvalue weighted by atomic mass is 35.5. The normalized spacial score (nSPS) is 10.8. The molecule has 8 heteroatoms. The van der Waals surface area contributed by atoms with E-state index in [1.165, 1.54) is 22.9 Å². The monoisotopic (exact) mass is 463 g/mol. The van der Waals surface area contributed by atoms with Crippen molar-refractivity contribution in [3.8, 4) is 17.1 Å². The van der Waals surface area contributed by atoms with Crippen LogP contribution in [0.15, 0.2) is 72.1 Å². The minimum Gasteiger partial charge on any atom is -0.351 e. The first-order valence-corrected chi connectivity index (χ1v) is 11.5. The van der Waals surface area contributed by atoms with Crippen molar-refractivity contribution in [2.24, 2.45) is 0 Å². The molecule has 0 saturated heterocycles. The van der Waals surface area contributed by atoms with E-state index in [1.54, 1.807) is 12.4 Å². The molecular weight excluding hydrogens is 442 g/mol. The van der Waals surface area contributed by atoms with Crippen molar-refractivity contribution in [1.29, 1.82) is 0 Å². The molecule has 0 aliphatic carbocycles. The van der Waals surface area contributed by atoms with Gasteiger partial charge in [-0.3, -0.25) is 14.3 Å². The summed E-state index contributed by atoms with van der Waals surface area (Å²) in [5, 5.41) is 13.0. The molecule has 1 N–H and O–H groups in total. The van der Waals surface area contributed by atoms with E-state index in [2.05, 4.69) is 46.5 Å². The topological polar surface area (TPSA) is 72.7 Å². The SMILES string of the molecule is Cc1ccc(-n2c(SCC(=O)NCc3ccccc3Cl)nnc2-c2ccncc2)cc1C. The molecule has 2 heterocycles. The Hall–Kier alpha value is -3.16. The summed E-state index contributed by atoms with van der Waals surface area (Å²) in [4.78, 5) is 16.6. The zero-order valence-electron chi connectivity index (χ0n) is 17.7. The lowest BCUT2D eigenvalue weighted by atomic mass is 10.1. The number of nitrogens with one attached hydrogen (secondary N) is 1. The summed E-state index contributed by atoms with van der Waals surface area (Å²) in [6.45, 7) is 4.53. The standard InChI is InChI=1S/C24H22ClN5OS/c1-16-7-8-20(13-17(16)2)30-23(18-9-11-26-12-10-18)28-29-24(30)32-15-22(31)27-14-19-5-3-4-6-21(19)25/h3-13H,14-15H2,1-2H3,(H,27,31). The van der Waals surface area contributed by atoms with Gasteiger partial charge in [-0.15, -0.1) is 10.2 Å². The number of carbonyl (C=O) groups excluding carboxylic acids is 1. The number of nitrogens with zero attached hydrogens (tertiary/aromatic N) is 4. The van der Waals surface area contributed by atoms with Gasteiger partial charge in [0.2, 0.25) is 5.91 Å². The summed E-state index contributed by atoms with van der Waals surface area (Å²) in [6.07, 6.45) is 3.45. The molecule has 0 aliphatic heterocycles. The molecule has 0 saturated carbocycles.